The number of aryl methyl sites for hydroxylation is 2. The third-order valence-electron chi connectivity index (χ3n) is 4.88. The molecule has 2 fully saturated rings. The fraction of sp³-hybridized carbons (Fsp3) is 0.733. The van der Waals surface area contributed by atoms with Crippen LogP contribution in [0.2, 0.25) is 0 Å². The summed E-state index contributed by atoms with van der Waals surface area (Å²) in [5.41, 5.74) is 3.72. The van der Waals surface area contributed by atoms with Crippen LogP contribution < -0.4 is 5.32 Å². The van der Waals surface area contributed by atoms with Crippen LogP contribution in [0.15, 0.2) is 0 Å². The first-order chi connectivity index (χ1) is 9.54. The Labute approximate surface area is 120 Å². The van der Waals surface area contributed by atoms with Gasteiger partial charge in [0.15, 0.2) is 0 Å². The second-order valence-corrected chi connectivity index (χ2v) is 6.29. The van der Waals surface area contributed by atoms with Gasteiger partial charge in [-0.25, -0.2) is 0 Å². The van der Waals surface area contributed by atoms with Crippen molar-refractivity contribution in [1.29, 1.82) is 0 Å². The molecule has 1 N–H and O–H groups in total. The number of carbonyl (C=O) groups is 1. The maximum absolute atomic E-state index is 11.7. The average molecular weight is 276 g/mol. The molecule has 0 saturated carbocycles. The maximum atomic E-state index is 11.7. The molecule has 2 saturated heterocycles. The minimum absolute atomic E-state index is 0.230. The second-order valence-electron chi connectivity index (χ2n) is 6.29. The molecule has 0 spiro atoms. The van der Waals surface area contributed by atoms with Crippen molar-refractivity contribution < 1.29 is 4.79 Å². The molecule has 2 aliphatic rings. The minimum atomic E-state index is 0.230. The van der Waals surface area contributed by atoms with E-state index < -0.39 is 0 Å². The number of hydrogen-bond donors (Lipinski definition) is 1. The number of fused-ring (bicyclic) bond motifs is 1. The van der Waals surface area contributed by atoms with E-state index in [1.54, 1.807) is 0 Å². The quantitative estimate of drug-likeness (QED) is 0.881. The first kappa shape index (κ1) is 13.6. The number of carbonyl (C=O) groups excluding carboxylic acids is 1. The maximum Gasteiger partial charge on any atom is 0.220 e. The van der Waals surface area contributed by atoms with E-state index in [0.29, 0.717) is 18.4 Å². The molecule has 0 aliphatic carbocycles. The van der Waals surface area contributed by atoms with Gasteiger partial charge in [-0.15, -0.1) is 0 Å². The van der Waals surface area contributed by atoms with Crippen molar-refractivity contribution in [1.82, 2.24) is 20.0 Å². The highest BCUT2D eigenvalue weighted by molar-refractivity contribution is 5.76. The molecule has 1 aromatic heterocycles. The molecule has 0 bridgehead atoms. The zero-order valence-corrected chi connectivity index (χ0v) is 12.6. The number of hydrogen-bond acceptors (Lipinski definition) is 3. The van der Waals surface area contributed by atoms with Gasteiger partial charge in [0.2, 0.25) is 5.91 Å². The summed E-state index contributed by atoms with van der Waals surface area (Å²) < 4.78 is 1.96. The molecule has 0 aromatic carbocycles. The summed E-state index contributed by atoms with van der Waals surface area (Å²) in [5, 5.41) is 7.68. The molecule has 20 heavy (non-hydrogen) atoms. The van der Waals surface area contributed by atoms with Crippen LogP contribution >= 0.6 is 0 Å². The Hall–Kier alpha value is -1.36. The number of nitrogens with zero attached hydrogens (tertiary/aromatic N) is 3. The molecule has 1 aromatic rings. The number of aromatic nitrogens is 2. The fourth-order valence-electron chi connectivity index (χ4n) is 3.62. The van der Waals surface area contributed by atoms with Crippen LogP contribution in [0.4, 0.5) is 0 Å². The standard InChI is InChI=1S/C15H24N4O/c1-10-13(11(2)18(3)17-10)8-19-7-12-5-4-6-15(20)16-14(12)9-19/h12,14H,4-9H2,1-3H3,(H,16,20)/t12-,14+/m1/s1. The van der Waals surface area contributed by atoms with Gasteiger partial charge in [-0.1, -0.05) is 0 Å². The Morgan fingerprint density at radius 1 is 1.35 bits per heavy atom. The summed E-state index contributed by atoms with van der Waals surface area (Å²) in [4.78, 5) is 14.1. The summed E-state index contributed by atoms with van der Waals surface area (Å²) in [5.74, 6) is 0.854. The first-order valence-electron chi connectivity index (χ1n) is 7.55. The zero-order chi connectivity index (χ0) is 14.3. The Bertz CT molecular complexity index is 522. The molecule has 3 rings (SSSR count). The van der Waals surface area contributed by atoms with Gasteiger partial charge in [0.05, 0.1) is 5.69 Å². The summed E-state index contributed by atoms with van der Waals surface area (Å²) in [6, 6.07) is 0.349. The number of nitrogens with one attached hydrogen (secondary N) is 1. The van der Waals surface area contributed by atoms with E-state index >= 15 is 0 Å². The van der Waals surface area contributed by atoms with Crippen molar-refractivity contribution in [3.63, 3.8) is 0 Å². The highest BCUT2D eigenvalue weighted by Crippen LogP contribution is 2.27. The van der Waals surface area contributed by atoms with E-state index in [0.717, 1.165) is 31.7 Å². The summed E-state index contributed by atoms with van der Waals surface area (Å²) in [6.45, 7) is 7.24. The lowest BCUT2D eigenvalue weighted by Gasteiger charge is -2.16. The van der Waals surface area contributed by atoms with Crippen LogP contribution in [-0.2, 0) is 18.4 Å². The van der Waals surface area contributed by atoms with Crippen LogP contribution in [0.1, 0.15) is 36.2 Å². The Balaban J connectivity index is 1.70. The lowest BCUT2D eigenvalue weighted by atomic mass is 9.99. The topological polar surface area (TPSA) is 50.2 Å². The largest absolute Gasteiger partial charge is 0.352 e. The number of likely N-dealkylation sites (tertiary alicyclic amines) is 1. The van der Waals surface area contributed by atoms with E-state index in [2.05, 4.69) is 29.2 Å². The second kappa shape index (κ2) is 5.20. The van der Waals surface area contributed by atoms with Gasteiger partial charge in [-0.3, -0.25) is 14.4 Å². The lowest BCUT2D eigenvalue weighted by molar-refractivity contribution is -0.121. The average Bonchev–Trinajstić information content (AvgIpc) is 2.80. The van der Waals surface area contributed by atoms with E-state index in [9.17, 15) is 4.79 Å². The van der Waals surface area contributed by atoms with E-state index in [1.807, 2.05) is 11.7 Å². The predicted octanol–water partition coefficient (Wildman–Crippen LogP) is 1.14. The van der Waals surface area contributed by atoms with Crippen LogP contribution in [0.3, 0.4) is 0 Å². The Morgan fingerprint density at radius 3 is 2.85 bits per heavy atom. The van der Waals surface area contributed by atoms with Crippen molar-refractivity contribution >= 4 is 5.91 Å². The molecular formula is C15H24N4O. The fourth-order valence-corrected chi connectivity index (χ4v) is 3.62. The van der Waals surface area contributed by atoms with Gasteiger partial charge in [0.1, 0.15) is 0 Å². The number of amides is 1. The van der Waals surface area contributed by atoms with E-state index in [1.165, 1.54) is 17.7 Å². The number of rotatable bonds is 2. The lowest BCUT2D eigenvalue weighted by Crippen LogP contribution is -2.38. The van der Waals surface area contributed by atoms with E-state index in [-0.39, 0.29) is 5.91 Å². The zero-order valence-electron chi connectivity index (χ0n) is 12.6. The van der Waals surface area contributed by atoms with Crippen molar-refractivity contribution in [2.45, 2.75) is 45.7 Å². The van der Waals surface area contributed by atoms with Crippen molar-refractivity contribution in [3.8, 4) is 0 Å². The molecule has 3 heterocycles. The van der Waals surface area contributed by atoms with Gasteiger partial charge in [-0.05, 0) is 32.6 Å². The van der Waals surface area contributed by atoms with Crippen molar-refractivity contribution in [2.75, 3.05) is 13.1 Å². The highest BCUT2D eigenvalue weighted by atomic mass is 16.1. The molecule has 0 radical (unpaired) electrons. The Kier molecular flexibility index (Phi) is 3.54. The third-order valence-corrected chi connectivity index (χ3v) is 4.88. The smallest absolute Gasteiger partial charge is 0.220 e. The summed E-state index contributed by atoms with van der Waals surface area (Å²) in [6.07, 6.45) is 2.91. The molecule has 1 amide bonds. The third kappa shape index (κ3) is 2.46. The normalized spacial score (nSPS) is 27.2. The van der Waals surface area contributed by atoms with Crippen molar-refractivity contribution in [3.05, 3.63) is 17.0 Å². The SMILES string of the molecule is Cc1nn(C)c(C)c1CN1C[C@H]2CCCC(=O)N[C@H]2C1. The van der Waals surface area contributed by atoms with E-state index in [4.69, 9.17) is 0 Å². The summed E-state index contributed by atoms with van der Waals surface area (Å²) >= 11 is 0. The molecule has 110 valence electrons. The molecule has 2 atom stereocenters. The van der Waals surface area contributed by atoms with Gasteiger partial charge in [0, 0.05) is 50.4 Å². The molecular weight excluding hydrogens is 252 g/mol. The van der Waals surface area contributed by atoms with Crippen LogP contribution in [0.5, 0.6) is 0 Å². The minimum Gasteiger partial charge on any atom is -0.352 e. The van der Waals surface area contributed by atoms with Crippen LogP contribution in [0.25, 0.3) is 0 Å². The van der Waals surface area contributed by atoms with Gasteiger partial charge in [0.25, 0.3) is 0 Å². The predicted molar refractivity (Wildman–Crippen MR) is 77.2 cm³/mol. The Morgan fingerprint density at radius 2 is 2.15 bits per heavy atom. The van der Waals surface area contributed by atoms with Gasteiger partial charge in [-0.2, -0.15) is 5.10 Å². The van der Waals surface area contributed by atoms with Crippen LogP contribution in [-0.4, -0.2) is 39.7 Å². The molecule has 2 aliphatic heterocycles. The summed E-state index contributed by atoms with van der Waals surface area (Å²) in [7, 11) is 2.00. The van der Waals surface area contributed by atoms with Crippen molar-refractivity contribution in [2.24, 2.45) is 13.0 Å². The molecule has 5 heteroatoms. The van der Waals surface area contributed by atoms with Crippen LogP contribution in [0, 0.1) is 19.8 Å². The van der Waals surface area contributed by atoms with Gasteiger partial charge >= 0.3 is 0 Å². The highest BCUT2D eigenvalue weighted by Gasteiger charge is 2.35. The molecule has 0 unspecified atom stereocenters. The monoisotopic (exact) mass is 276 g/mol. The van der Waals surface area contributed by atoms with Gasteiger partial charge < -0.3 is 5.32 Å². The molecule has 5 nitrogen and oxygen atoms in total. The first-order valence-corrected chi connectivity index (χ1v) is 7.55.